The summed E-state index contributed by atoms with van der Waals surface area (Å²) in [4.78, 5) is 25.8. The van der Waals surface area contributed by atoms with Crippen LogP contribution in [0.1, 0.15) is 23.9 Å². The Morgan fingerprint density at radius 2 is 1.78 bits per heavy atom. The van der Waals surface area contributed by atoms with Gasteiger partial charge in [-0.1, -0.05) is 0 Å². The number of amides is 2. The molecule has 1 aromatic carbocycles. The molecule has 0 bridgehead atoms. The molecule has 27 heavy (non-hydrogen) atoms. The molecule has 2 N–H and O–H groups in total. The van der Waals surface area contributed by atoms with Crippen molar-refractivity contribution in [1.82, 2.24) is 9.47 Å². The largest absolute Gasteiger partial charge is 0.318 e. The van der Waals surface area contributed by atoms with Crippen molar-refractivity contribution in [3.05, 3.63) is 52.2 Å². The van der Waals surface area contributed by atoms with E-state index in [0.717, 1.165) is 34.4 Å². The van der Waals surface area contributed by atoms with Gasteiger partial charge in [-0.15, -0.1) is 0 Å². The quantitative estimate of drug-likeness (QED) is 0.788. The number of hydrogen-bond donors (Lipinski definition) is 1. The minimum atomic E-state index is -3.75. The molecule has 142 valence electrons. The first-order valence-corrected chi connectivity index (χ1v) is 10.6. The first-order chi connectivity index (χ1) is 12.6. The Balaban J connectivity index is 2.00. The molecule has 1 aliphatic rings. The fourth-order valence-corrected chi connectivity index (χ4v) is 4.44. The number of thioether (sulfide) groups is 1. The van der Waals surface area contributed by atoms with Crippen molar-refractivity contribution in [2.75, 3.05) is 6.54 Å². The Bertz CT molecular complexity index is 1070. The molecule has 2 aromatic rings. The van der Waals surface area contributed by atoms with E-state index in [2.05, 4.69) is 0 Å². The molecule has 0 radical (unpaired) electrons. The number of rotatable bonds is 4. The number of hydrogen-bond acceptors (Lipinski definition) is 5. The van der Waals surface area contributed by atoms with Gasteiger partial charge in [-0.05, 0) is 74.5 Å². The van der Waals surface area contributed by atoms with E-state index in [1.54, 1.807) is 25.1 Å². The monoisotopic (exact) mass is 405 g/mol. The van der Waals surface area contributed by atoms with Crippen LogP contribution in [0.2, 0.25) is 0 Å². The molecule has 0 unspecified atom stereocenters. The topological polar surface area (TPSA) is 102 Å². The molecule has 0 atom stereocenters. The third kappa shape index (κ3) is 3.58. The van der Waals surface area contributed by atoms with Gasteiger partial charge in [0, 0.05) is 23.6 Å². The summed E-state index contributed by atoms with van der Waals surface area (Å²) < 4.78 is 24.8. The van der Waals surface area contributed by atoms with Crippen LogP contribution in [0.4, 0.5) is 4.79 Å². The first-order valence-electron chi connectivity index (χ1n) is 8.21. The zero-order valence-corrected chi connectivity index (χ0v) is 16.7. The van der Waals surface area contributed by atoms with Gasteiger partial charge in [-0.2, -0.15) is 0 Å². The van der Waals surface area contributed by atoms with Crippen molar-refractivity contribution in [2.45, 2.75) is 25.7 Å². The van der Waals surface area contributed by atoms with Crippen LogP contribution in [0.3, 0.4) is 0 Å². The van der Waals surface area contributed by atoms with Crippen LogP contribution in [0.5, 0.6) is 0 Å². The summed E-state index contributed by atoms with van der Waals surface area (Å²) in [7, 11) is -3.75. The predicted octanol–water partition coefficient (Wildman–Crippen LogP) is 2.80. The van der Waals surface area contributed by atoms with Gasteiger partial charge in [0.25, 0.3) is 11.1 Å². The summed E-state index contributed by atoms with van der Waals surface area (Å²) in [6.45, 7) is 5.92. The number of nitrogens with zero attached hydrogens (tertiary/aromatic N) is 2. The van der Waals surface area contributed by atoms with Crippen molar-refractivity contribution in [1.29, 1.82) is 0 Å². The molecule has 1 aromatic heterocycles. The molecule has 1 aliphatic heterocycles. The Hall–Kier alpha value is -2.36. The van der Waals surface area contributed by atoms with Gasteiger partial charge in [0.2, 0.25) is 10.0 Å². The molecular weight excluding hydrogens is 386 g/mol. The lowest BCUT2D eigenvalue weighted by molar-refractivity contribution is -0.122. The molecular formula is C18H19N3O4S2. The van der Waals surface area contributed by atoms with E-state index < -0.39 is 10.0 Å². The highest BCUT2D eigenvalue weighted by Gasteiger charge is 2.33. The Morgan fingerprint density at radius 1 is 1.15 bits per heavy atom. The van der Waals surface area contributed by atoms with Crippen LogP contribution in [-0.2, 0) is 14.8 Å². The highest BCUT2D eigenvalue weighted by atomic mass is 32.2. The number of nitrogens with two attached hydrogens (primary N) is 1. The van der Waals surface area contributed by atoms with Crippen LogP contribution in [-0.4, -0.2) is 35.6 Å². The van der Waals surface area contributed by atoms with Gasteiger partial charge < -0.3 is 4.57 Å². The number of aryl methyl sites for hydroxylation is 1. The number of likely N-dealkylation sites (N-methyl/N-ethyl adjacent to an activating group) is 1. The van der Waals surface area contributed by atoms with Crippen molar-refractivity contribution in [2.24, 2.45) is 5.14 Å². The van der Waals surface area contributed by atoms with Crippen molar-refractivity contribution >= 4 is 39.0 Å². The SMILES string of the molecule is CCN1C(=O)SC(=Cc2cc(C)n(-c3ccc(S(N)(=O)=O)cc3)c2C)C1=O. The van der Waals surface area contributed by atoms with E-state index in [0.29, 0.717) is 11.4 Å². The third-order valence-electron chi connectivity index (χ3n) is 4.37. The summed E-state index contributed by atoms with van der Waals surface area (Å²) in [6.07, 6.45) is 1.72. The van der Waals surface area contributed by atoms with E-state index in [4.69, 9.17) is 5.14 Å². The summed E-state index contributed by atoms with van der Waals surface area (Å²) in [5.41, 5.74) is 3.39. The molecule has 0 spiro atoms. The van der Waals surface area contributed by atoms with E-state index in [9.17, 15) is 18.0 Å². The van der Waals surface area contributed by atoms with Crippen molar-refractivity contribution < 1.29 is 18.0 Å². The fraction of sp³-hybridized carbons (Fsp3) is 0.222. The van der Waals surface area contributed by atoms with Crippen molar-refractivity contribution in [3.63, 3.8) is 0 Å². The summed E-state index contributed by atoms with van der Waals surface area (Å²) >= 11 is 0.934. The second-order valence-corrected chi connectivity index (χ2v) is 8.68. The van der Waals surface area contributed by atoms with E-state index >= 15 is 0 Å². The molecule has 2 amide bonds. The molecule has 3 rings (SSSR count). The van der Waals surface area contributed by atoms with Gasteiger partial charge in [0.05, 0.1) is 9.80 Å². The number of carbonyl (C=O) groups excluding carboxylic acids is 2. The minimum absolute atomic E-state index is 0.0437. The van der Waals surface area contributed by atoms with Crippen LogP contribution >= 0.6 is 11.8 Å². The maximum atomic E-state index is 12.3. The standard InChI is InChI=1S/C18H19N3O4S2/c1-4-20-17(22)16(26-18(20)23)10-13-9-11(2)21(12(13)3)14-5-7-15(8-6-14)27(19,24)25/h5-10H,4H2,1-3H3,(H2,19,24,25). The Kier molecular flexibility index (Phi) is 5.02. The van der Waals surface area contributed by atoms with Gasteiger partial charge in [0.1, 0.15) is 0 Å². The summed E-state index contributed by atoms with van der Waals surface area (Å²) in [6, 6.07) is 8.18. The van der Waals surface area contributed by atoms with Gasteiger partial charge in [-0.25, -0.2) is 13.6 Å². The number of sulfonamides is 1. The van der Waals surface area contributed by atoms with Crippen LogP contribution in [0.15, 0.2) is 40.1 Å². The molecule has 1 saturated heterocycles. The number of primary sulfonamides is 1. The predicted molar refractivity (Wildman–Crippen MR) is 105 cm³/mol. The number of aromatic nitrogens is 1. The summed E-state index contributed by atoms with van der Waals surface area (Å²) in [5.74, 6) is -0.283. The van der Waals surface area contributed by atoms with Crippen molar-refractivity contribution in [3.8, 4) is 5.69 Å². The summed E-state index contributed by atoms with van der Waals surface area (Å²) in [5, 5.41) is 4.88. The zero-order chi connectivity index (χ0) is 19.9. The maximum Gasteiger partial charge on any atom is 0.293 e. The molecule has 1 fully saturated rings. The number of carbonyl (C=O) groups is 2. The Labute approximate surface area is 161 Å². The molecule has 0 aliphatic carbocycles. The minimum Gasteiger partial charge on any atom is -0.318 e. The molecule has 7 nitrogen and oxygen atoms in total. The molecule has 0 saturated carbocycles. The zero-order valence-electron chi connectivity index (χ0n) is 15.1. The second-order valence-electron chi connectivity index (χ2n) is 6.13. The first kappa shape index (κ1) is 19.4. The number of imide groups is 1. The lowest BCUT2D eigenvalue weighted by atomic mass is 10.2. The fourth-order valence-electron chi connectivity index (χ4n) is 3.03. The second kappa shape index (κ2) is 6.99. The number of benzene rings is 1. The van der Waals surface area contributed by atoms with E-state index in [-0.39, 0.29) is 16.0 Å². The highest BCUT2D eigenvalue weighted by Crippen LogP contribution is 2.33. The van der Waals surface area contributed by atoms with E-state index in [1.165, 1.54) is 17.0 Å². The third-order valence-corrected chi connectivity index (χ3v) is 6.21. The van der Waals surface area contributed by atoms with Crippen LogP contribution in [0.25, 0.3) is 11.8 Å². The maximum absolute atomic E-state index is 12.3. The van der Waals surface area contributed by atoms with Crippen LogP contribution in [0, 0.1) is 13.8 Å². The Morgan fingerprint density at radius 3 is 2.30 bits per heavy atom. The van der Waals surface area contributed by atoms with E-state index in [1.807, 2.05) is 24.5 Å². The molecule has 2 heterocycles. The lowest BCUT2D eigenvalue weighted by Crippen LogP contribution is -2.27. The highest BCUT2D eigenvalue weighted by molar-refractivity contribution is 8.18. The lowest BCUT2D eigenvalue weighted by Gasteiger charge is -2.10. The average molecular weight is 406 g/mol. The smallest absolute Gasteiger partial charge is 0.293 e. The van der Waals surface area contributed by atoms with Gasteiger partial charge in [0.15, 0.2) is 0 Å². The average Bonchev–Trinajstić information content (AvgIpc) is 3.02. The normalized spacial score (nSPS) is 16.6. The van der Waals surface area contributed by atoms with Crippen LogP contribution < -0.4 is 5.14 Å². The van der Waals surface area contributed by atoms with Gasteiger partial charge in [-0.3, -0.25) is 14.5 Å². The van der Waals surface area contributed by atoms with Gasteiger partial charge >= 0.3 is 0 Å². The molecule has 9 heteroatoms.